The first-order chi connectivity index (χ1) is 13.8. The van der Waals surface area contributed by atoms with Crippen LogP contribution in [0.4, 0.5) is 5.82 Å². The van der Waals surface area contributed by atoms with Crippen LogP contribution in [0.5, 0.6) is 0 Å². The van der Waals surface area contributed by atoms with Gasteiger partial charge in [0.15, 0.2) is 0 Å². The molecule has 4 rings (SSSR count). The van der Waals surface area contributed by atoms with Gasteiger partial charge in [0.05, 0.1) is 5.56 Å². The summed E-state index contributed by atoms with van der Waals surface area (Å²) in [5, 5.41) is 7.20. The number of anilines is 1. The van der Waals surface area contributed by atoms with Crippen LogP contribution in [-0.4, -0.2) is 27.4 Å². The zero-order chi connectivity index (χ0) is 19.3. The fourth-order valence-corrected chi connectivity index (χ4v) is 3.21. The number of hydrogen-bond acceptors (Lipinski definition) is 4. The van der Waals surface area contributed by atoms with Crippen LogP contribution < -0.4 is 10.6 Å². The highest BCUT2D eigenvalue weighted by Gasteiger charge is 2.11. The van der Waals surface area contributed by atoms with Crippen LogP contribution in [0, 0.1) is 0 Å². The van der Waals surface area contributed by atoms with Gasteiger partial charge in [0, 0.05) is 42.6 Å². The van der Waals surface area contributed by atoms with Crippen molar-refractivity contribution in [2.75, 3.05) is 11.9 Å². The fraction of sp³-hybridized carbons (Fsp3) is 0.136. The third-order valence-electron chi connectivity index (χ3n) is 4.54. The lowest BCUT2D eigenvalue weighted by molar-refractivity contribution is 0.0956. The Kier molecular flexibility index (Phi) is 5.01. The highest BCUT2D eigenvalue weighted by molar-refractivity contribution is 5.98. The van der Waals surface area contributed by atoms with Crippen molar-refractivity contribution in [3.8, 4) is 11.1 Å². The van der Waals surface area contributed by atoms with Crippen molar-refractivity contribution < 1.29 is 4.79 Å². The van der Waals surface area contributed by atoms with E-state index < -0.39 is 0 Å². The van der Waals surface area contributed by atoms with Crippen molar-refractivity contribution in [1.29, 1.82) is 0 Å². The molecule has 4 aromatic rings. The van der Waals surface area contributed by atoms with Crippen molar-refractivity contribution in [1.82, 2.24) is 20.3 Å². The Hall–Kier alpha value is -3.67. The number of nitrogens with one attached hydrogen (secondary N) is 3. The molecule has 6 nitrogen and oxygen atoms in total. The molecule has 0 atom stereocenters. The molecule has 140 valence electrons. The van der Waals surface area contributed by atoms with Crippen LogP contribution in [-0.2, 0) is 6.54 Å². The molecule has 28 heavy (non-hydrogen) atoms. The summed E-state index contributed by atoms with van der Waals surface area (Å²) in [6.07, 6.45) is 5.44. The molecule has 3 aromatic heterocycles. The van der Waals surface area contributed by atoms with Crippen molar-refractivity contribution in [2.24, 2.45) is 0 Å². The van der Waals surface area contributed by atoms with E-state index in [-0.39, 0.29) is 5.91 Å². The Morgan fingerprint density at radius 3 is 2.82 bits per heavy atom. The number of aromatic nitrogens is 3. The van der Waals surface area contributed by atoms with Gasteiger partial charge >= 0.3 is 0 Å². The Bertz CT molecular complexity index is 1120. The van der Waals surface area contributed by atoms with Crippen LogP contribution in [0.15, 0.2) is 67.1 Å². The third-order valence-corrected chi connectivity index (χ3v) is 4.54. The van der Waals surface area contributed by atoms with E-state index in [9.17, 15) is 4.79 Å². The van der Waals surface area contributed by atoms with Gasteiger partial charge in [-0.1, -0.05) is 18.2 Å². The molecule has 0 saturated carbocycles. The Balaban J connectivity index is 1.56. The number of aromatic amines is 1. The SMILES string of the molecule is CCNC(=O)c1cccnc1NCc1cccc(-c2c[nH]c3ncccc23)c1. The van der Waals surface area contributed by atoms with E-state index in [2.05, 4.69) is 49.9 Å². The number of carbonyl (C=O) groups excluding carboxylic acids is 1. The van der Waals surface area contributed by atoms with Crippen molar-refractivity contribution >= 4 is 22.8 Å². The Morgan fingerprint density at radius 1 is 1.07 bits per heavy atom. The molecule has 0 unspecified atom stereocenters. The maximum absolute atomic E-state index is 12.2. The molecule has 0 saturated heterocycles. The van der Waals surface area contributed by atoms with E-state index in [1.165, 1.54) is 0 Å². The number of pyridine rings is 2. The molecule has 6 heteroatoms. The molecule has 0 aliphatic rings. The lowest BCUT2D eigenvalue weighted by atomic mass is 10.0. The highest BCUT2D eigenvalue weighted by Crippen LogP contribution is 2.28. The lowest BCUT2D eigenvalue weighted by Gasteiger charge is -2.11. The monoisotopic (exact) mass is 371 g/mol. The van der Waals surface area contributed by atoms with Crippen LogP contribution in [0.25, 0.3) is 22.2 Å². The predicted molar refractivity (Wildman–Crippen MR) is 111 cm³/mol. The second-order valence-corrected chi connectivity index (χ2v) is 6.41. The second-order valence-electron chi connectivity index (χ2n) is 6.41. The Morgan fingerprint density at radius 2 is 1.93 bits per heavy atom. The van der Waals surface area contributed by atoms with Crippen LogP contribution in [0.1, 0.15) is 22.8 Å². The average molecular weight is 371 g/mol. The van der Waals surface area contributed by atoms with Gasteiger partial charge in [-0.2, -0.15) is 0 Å². The van der Waals surface area contributed by atoms with Gasteiger partial charge in [0.1, 0.15) is 11.5 Å². The maximum Gasteiger partial charge on any atom is 0.255 e. The molecular weight excluding hydrogens is 350 g/mol. The summed E-state index contributed by atoms with van der Waals surface area (Å²) in [6, 6.07) is 15.8. The van der Waals surface area contributed by atoms with Crippen molar-refractivity contribution in [3.63, 3.8) is 0 Å². The summed E-state index contributed by atoms with van der Waals surface area (Å²) in [6.45, 7) is 3.04. The van der Waals surface area contributed by atoms with Crippen LogP contribution >= 0.6 is 0 Å². The number of nitrogens with zero attached hydrogens (tertiary/aromatic N) is 2. The van der Waals surface area contributed by atoms with E-state index in [0.717, 1.165) is 27.7 Å². The topological polar surface area (TPSA) is 82.7 Å². The number of hydrogen-bond donors (Lipinski definition) is 3. The second kappa shape index (κ2) is 7.92. The standard InChI is InChI=1S/C22H21N5O/c1-2-23-22(28)18-9-5-11-25-21(18)26-13-15-6-3-7-16(12-15)19-14-27-20-17(19)8-4-10-24-20/h3-12,14H,2,13H2,1H3,(H,23,28)(H,24,27)(H,25,26). The average Bonchev–Trinajstić information content (AvgIpc) is 3.17. The summed E-state index contributed by atoms with van der Waals surface area (Å²) >= 11 is 0. The summed E-state index contributed by atoms with van der Waals surface area (Å²) in [5.74, 6) is 0.452. The highest BCUT2D eigenvalue weighted by atomic mass is 16.1. The van der Waals surface area contributed by atoms with Gasteiger partial charge in [-0.05, 0) is 48.4 Å². The molecule has 1 aromatic carbocycles. The molecule has 0 aliphatic heterocycles. The quantitative estimate of drug-likeness (QED) is 0.479. The van der Waals surface area contributed by atoms with E-state index in [1.54, 1.807) is 24.5 Å². The minimum Gasteiger partial charge on any atom is -0.365 e. The molecule has 0 spiro atoms. The van der Waals surface area contributed by atoms with Gasteiger partial charge in [-0.3, -0.25) is 4.79 Å². The first kappa shape index (κ1) is 17.7. The number of benzene rings is 1. The summed E-state index contributed by atoms with van der Waals surface area (Å²) in [4.78, 5) is 24.1. The van der Waals surface area contributed by atoms with Crippen LogP contribution in [0.2, 0.25) is 0 Å². The summed E-state index contributed by atoms with van der Waals surface area (Å²) < 4.78 is 0. The minimum absolute atomic E-state index is 0.127. The van der Waals surface area contributed by atoms with Gasteiger partial charge in [0.2, 0.25) is 0 Å². The summed E-state index contributed by atoms with van der Waals surface area (Å²) in [5.41, 5.74) is 4.75. The zero-order valence-corrected chi connectivity index (χ0v) is 15.6. The zero-order valence-electron chi connectivity index (χ0n) is 15.6. The predicted octanol–water partition coefficient (Wildman–Crippen LogP) is 3.99. The molecule has 3 heterocycles. The van der Waals surface area contributed by atoms with E-state index in [4.69, 9.17) is 0 Å². The van der Waals surface area contributed by atoms with E-state index >= 15 is 0 Å². The lowest BCUT2D eigenvalue weighted by Crippen LogP contribution is -2.24. The number of rotatable bonds is 6. The smallest absolute Gasteiger partial charge is 0.255 e. The fourth-order valence-electron chi connectivity index (χ4n) is 3.21. The van der Waals surface area contributed by atoms with Gasteiger partial charge in [-0.15, -0.1) is 0 Å². The molecule has 1 amide bonds. The molecule has 0 fully saturated rings. The van der Waals surface area contributed by atoms with E-state index in [1.807, 2.05) is 25.3 Å². The third kappa shape index (κ3) is 3.57. The molecule has 0 aliphatic carbocycles. The van der Waals surface area contributed by atoms with Crippen molar-refractivity contribution in [2.45, 2.75) is 13.5 Å². The van der Waals surface area contributed by atoms with Gasteiger partial charge in [-0.25, -0.2) is 9.97 Å². The first-order valence-corrected chi connectivity index (χ1v) is 9.24. The van der Waals surface area contributed by atoms with Crippen LogP contribution in [0.3, 0.4) is 0 Å². The number of carbonyl (C=O) groups is 1. The summed E-state index contributed by atoms with van der Waals surface area (Å²) in [7, 11) is 0. The van der Waals surface area contributed by atoms with Gasteiger partial charge in [0.25, 0.3) is 5.91 Å². The number of amides is 1. The normalized spacial score (nSPS) is 10.8. The van der Waals surface area contributed by atoms with E-state index in [0.29, 0.717) is 24.5 Å². The molecular formula is C22H21N5O. The van der Waals surface area contributed by atoms with Gasteiger partial charge < -0.3 is 15.6 Å². The number of fused-ring (bicyclic) bond motifs is 1. The minimum atomic E-state index is -0.127. The largest absolute Gasteiger partial charge is 0.365 e. The molecule has 3 N–H and O–H groups in total. The molecule has 0 radical (unpaired) electrons. The first-order valence-electron chi connectivity index (χ1n) is 9.24. The Labute approximate surface area is 163 Å². The van der Waals surface area contributed by atoms with Crippen molar-refractivity contribution in [3.05, 3.63) is 78.2 Å². The number of H-pyrrole nitrogens is 1. The molecule has 0 bridgehead atoms. The maximum atomic E-state index is 12.2.